The Morgan fingerprint density at radius 3 is 3.00 bits per heavy atom. The molecule has 3 aromatic heterocycles. The predicted octanol–water partition coefficient (Wildman–Crippen LogP) is 3.00. The van der Waals surface area contributed by atoms with Crippen LogP contribution in [0, 0.1) is 5.92 Å². The third-order valence-electron chi connectivity index (χ3n) is 3.01. The number of hydrogen-bond acceptors (Lipinski definition) is 6. The molecule has 0 aliphatic carbocycles. The molecule has 3 aromatic rings. The molecule has 98 valence electrons. The summed E-state index contributed by atoms with van der Waals surface area (Å²) in [7, 11) is 0. The second-order valence-electron chi connectivity index (χ2n) is 4.75. The summed E-state index contributed by atoms with van der Waals surface area (Å²) in [6.07, 6.45) is 1.75. The number of pyridine rings is 1. The summed E-state index contributed by atoms with van der Waals surface area (Å²) in [5.74, 6) is 1.26. The molecule has 0 amide bonds. The average molecular weight is 274 g/mol. The molecule has 0 aromatic carbocycles. The Morgan fingerprint density at radius 1 is 1.37 bits per heavy atom. The number of thiophene rings is 1. The van der Waals surface area contributed by atoms with Gasteiger partial charge >= 0.3 is 0 Å². The van der Waals surface area contributed by atoms with Crippen LogP contribution in [0.1, 0.15) is 25.8 Å². The summed E-state index contributed by atoms with van der Waals surface area (Å²) in [5, 5.41) is 5.99. The van der Waals surface area contributed by atoms with Crippen molar-refractivity contribution in [1.82, 2.24) is 15.1 Å². The van der Waals surface area contributed by atoms with Crippen LogP contribution in [0.3, 0.4) is 0 Å². The molecule has 0 aliphatic heterocycles. The van der Waals surface area contributed by atoms with Gasteiger partial charge in [0.1, 0.15) is 0 Å². The Labute approximate surface area is 114 Å². The van der Waals surface area contributed by atoms with Gasteiger partial charge in [0.25, 0.3) is 0 Å². The van der Waals surface area contributed by atoms with Gasteiger partial charge < -0.3 is 10.3 Å². The van der Waals surface area contributed by atoms with E-state index in [1.807, 2.05) is 31.4 Å². The van der Waals surface area contributed by atoms with Gasteiger partial charge in [0.2, 0.25) is 11.7 Å². The summed E-state index contributed by atoms with van der Waals surface area (Å²) < 4.78 is 6.33. The molecule has 0 radical (unpaired) electrons. The van der Waals surface area contributed by atoms with Gasteiger partial charge in [0, 0.05) is 11.8 Å². The van der Waals surface area contributed by atoms with Crippen molar-refractivity contribution < 1.29 is 4.52 Å². The first kappa shape index (κ1) is 12.3. The van der Waals surface area contributed by atoms with Gasteiger partial charge in [-0.25, -0.2) is 0 Å². The Hall–Kier alpha value is -1.79. The molecule has 0 saturated carbocycles. The highest BCUT2D eigenvalue weighted by Crippen LogP contribution is 2.25. The molecule has 1 atom stereocenters. The van der Waals surface area contributed by atoms with E-state index in [4.69, 9.17) is 10.3 Å². The molecule has 3 heterocycles. The van der Waals surface area contributed by atoms with Crippen LogP contribution in [-0.2, 0) is 0 Å². The third kappa shape index (κ3) is 2.24. The predicted molar refractivity (Wildman–Crippen MR) is 74.7 cm³/mol. The average Bonchev–Trinajstić information content (AvgIpc) is 3.05. The molecule has 19 heavy (non-hydrogen) atoms. The minimum Gasteiger partial charge on any atom is -0.337 e. The molecular weight excluding hydrogens is 260 g/mol. The van der Waals surface area contributed by atoms with E-state index in [0.29, 0.717) is 11.7 Å². The van der Waals surface area contributed by atoms with Crippen molar-refractivity contribution in [3.63, 3.8) is 0 Å². The van der Waals surface area contributed by atoms with Gasteiger partial charge in [-0.3, -0.25) is 4.98 Å². The van der Waals surface area contributed by atoms with Crippen molar-refractivity contribution in [2.24, 2.45) is 11.7 Å². The zero-order valence-corrected chi connectivity index (χ0v) is 11.5. The summed E-state index contributed by atoms with van der Waals surface area (Å²) in [5.41, 5.74) is 7.82. The highest BCUT2D eigenvalue weighted by molar-refractivity contribution is 7.17. The molecule has 0 spiro atoms. The lowest BCUT2D eigenvalue weighted by atomic mass is 10.1. The Balaban J connectivity index is 1.97. The van der Waals surface area contributed by atoms with E-state index in [9.17, 15) is 0 Å². The minimum absolute atomic E-state index is 0.236. The van der Waals surface area contributed by atoms with Crippen LogP contribution < -0.4 is 5.73 Å². The maximum atomic E-state index is 5.99. The fraction of sp³-hybridized carbons (Fsp3) is 0.308. The third-order valence-corrected chi connectivity index (χ3v) is 3.86. The van der Waals surface area contributed by atoms with Crippen LogP contribution in [0.5, 0.6) is 0 Å². The second-order valence-corrected chi connectivity index (χ2v) is 5.70. The highest BCUT2D eigenvalue weighted by Gasteiger charge is 2.18. The van der Waals surface area contributed by atoms with Crippen molar-refractivity contribution in [1.29, 1.82) is 0 Å². The fourth-order valence-electron chi connectivity index (χ4n) is 1.74. The van der Waals surface area contributed by atoms with Crippen molar-refractivity contribution >= 4 is 21.6 Å². The van der Waals surface area contributed by atoms with Crippen LogP contribution in [0.4, 0.5) is 0 Å². The molecule has 5 nitrogen and oxygen atoms in total. The van der Waals surface area contributed by atoms with Crippen LogP contribution in [0.25, 0.3) is 21.6 Å². The number of fused-ring (bicyclic) bond motifs is 1. The summed E-state index contributed by atoms with van der Waals surface area (Å²) >= 11 is 1.64. The Morgan fingerprint density at radius 2 is 2.21 bits per heavy atom. The van der Waals surface area contributed by atoms with Gasteiger partial charge in [0.05, 0.1) is 16.3 Å². The van der Waals surface area contributed by atoms with Crippen molar-refractivity contribution in [2.45, 2.75) is 19.9 Å². The van der Waals surface area contributed by atoms with Gasteiger partial charge in [-0.1, -0.05) is 19.0 Å². The molecule has 0 bridgehead atoms. The number of rotatable bonds is 3. The van der Waals surface area contributed by atoms with Crippen molar-refractivity contribution in [2.75, 3.05) is 0 Å². The lowest BCUT2D eigenvalue weighted by Gasteiger charge is -2.09. The zero-order chi connectivity index (χ0) is 13.4. The van der Waals surface area contributed by atoms with Gasteiger partial charge in [-0.2, -0.15) is 4.98 Å². The first-order valence-electron chi connectivity index (χ1n) is 6.08. The smallest absolute Gasteiger partial charge is 0.244 e. The maximum absolute atomic E-state index is 5.99. The van der Waals surface area contributed by atoms with E-state index in [1.54, 1.807) is 17.5 Å². The van der Waals surface area contributed by atoms with Crippen LogP contribution in [-0.4, -0.2) is 15.1 Å². The molecule has 0 aliphatic rings. The fourth-order valence-corrected chi connectivity index (χ4v) is 2.52. The SMILES string of the molecule is CC(C)[C@H](N)c1nc(-c2cnc3ccsc3c2)no1. The standard InChI is InChI=1S/C13H14N4OS/c1-7(2)11(14)13-16-12(17-18-13)8-5-10-9(15-6-8)3-4-19-10/h3-7,11H,14H2,1-2H3/t11-/m0/s1. The topological polar surface area (TPSA) is 77.8 Å². The first-order valence-corrected chi connectivity index (χ1v) is 6.96. The molecular formula is C13H14N4OS. The van der Waals surface area contributed by atoms with E-state index in [2.05, 4.69) is 15.1 Å². The largest absolute Gasteiger partial charge is 0.337 e. The second kappa shape index (κ2) is 4.71. The first-order chi connectivity index (χ1) is 9.15. The molecule has 0 unspecified atom stereocenters. The van der Waals surface area contributed by atoms with Crippen molar-refractivity contribution in [3.8, 4) is 11.4 Å². The van der Waals surface area contributed by atoms with E-state index in [1.165, 1.54) is 0 Å². The van der Waals surface area contributed by atoms with Gasteiger partial charge in [0.15, 0.2) is 0 Å². The summed E-state index contributed by atoms with van der Waals surface area (Å²) in [6, 6.07) is 3.77. The normalized spacial score (nSPS) is 13.3. The monoisotopic (exact) mass is 274 g/mol. The van der Waals surface area contributed by atoms with Gasteiger partial charge in [-0.15, -0.1) is 11.3 Å². The lowest BCUT2D eigenvalue weighted by Crippen LogP contribution is -2.16. The minimum atomic E-state index is -0.236. The van der Waals surface area contributed by atoms with Crippen LogP contribution in [0.2, 0.25) is 0 Å². The summed E-state index contributed by atoms with van der Waals surface area (Å²) in [4.78, 5) is 8.72. The number of aromatic nitrogens is 3. The van der Waals surface area contributed by atoms with E-state index in [0.717, 1.165) is 15.8 Å². The van der Waals surface area contributed by atoms with E-state index < -0.39 is 0 Å². The van der Waals surface area contributed by atoms with E-state index >= 15 is 0 Å². The number of nitrogens with two attached hydrogens (primary N) is 1. The number of hydrogen-bond donors (Lipinski definition) is 1. The molecule has 6 heteroatoms. The molecule has 0 saturated heterocycles. The molecule has 0 fully saturated rings. The quantitative estimate of drug-likeness (QED) is 0.794. The Kier molecular flexibility index (Phi) is 3.04. The zero-order valence-electron chi connectivity index (χ0n) is 10.7. The van der Waals surface area contributed by atoms with Gasteiger partial charge in [-0.05, 0) is 23.4 Å². The Bertz CT molecular complexity index is 703. The molecule has 2 N–H and O–H groups in total. The molecule has 3 rings (SSSR count). The lowest BCUT2D eigenvalue weighted by molar-refractivity contribution is 0.325. The highest BCUT2D eigenvalue weighted by atomic mass is 32.1. The van der Waals surface area contributed by atoms with E-state index in [-0.39, 0.29) is 12.0 Å². The van der Waals surface area contributed by atoms with Crippen LogP contribution >= 0.6 is 11.3 Å². The maximum Gasteiger partial charge on any atom is 0.244 e. The van der Waals surface area contributed by atoms with Crippen LogP contribution in [0.15, 0.2) is 28.2 Å². The number of nitrogens with zero attached hydrogens (tertiary/aromatic N) is 3. The summed E-state index contributed by atoms with van der Waals surface area (Å²) in [6.45, 7) is 4.04. The van der Waals surface area contributed by atoms with Crippen molar-refractivity contribution in [3.05, 3.63) is 29.6 Å².